The number of nitrogen functional groups attached to an aromatic ring is 1. The molecule has 6 nitrogen and oxygen atoms in total. The van der Waals surface area contributed by atoms with Crippen LogP contribution in [-0.2, 0) is 6.54 Å². The molecule has 0 aromatic carbocycles. The zero-order valence-corrected chi connectivity index (χ0v) is 13.0. The van der Waals surface area contributed by atoms with E-state index < -0.39 is 0 Å². The minimum atomic E-state index is -0.210. The van der Waals surface area contributed by atoms with Gasteiger partial charge in [0.15, 0.2) is 5.13 Å². The Morgan fingerprint density at radius 3 is 3.00 bits per heavy atom. The highest BCUT2D eigenvalue weighted by atomic mass is 32.1. The van der Waals surface area contributed by atoms with Crippen LogP contribution in [0, 0.1) is 6.92 Å². The van der Waals surface area contributed by atoms with Crippen molar-refractivity contribution in [2.75, 3.05) is 17.6 Å². The molecule has 0 radical (unpaired) electrons. The van der Waals surface area contributed by atoms with E-state index in [9.17, 15) is 4.79 Å². The van der Waals surface area contributed by atoms with E-state index >= 15 is 0 Å². The summed E-state index contributed by atoms with van der Waals surface area (Å²) in [5.74, 6) is 0.0526. The summed E-state index contributed by atoms with van der Waals surface area (Å²) >= 11 is 1.27. The number of hydrogen-bond acceptors (Lipinski definition) is 6. The maximum atomic E-state index is 12.2. The van der Waals surface area contributed by atoms with Crippen LogP contribution < -0.4 is 16.4 Å². The minimum absolute atomic E-state index is 0.210. The zero-order valence-electron chi connectivity index (χ0n) is 12.1. The topological polar surface area (TPSA) is 92.9 Å². The van der Waals surface area contributed by atoms with Gasteiger partial charge in [-0.3, -0.25) is 9.78 Å². The van der Waals surface area contributed by atoms with Crippen LogP contribution in [0.5, 0.6) is 0 Å². The van der Waals surface area contributed by atoms with Gasteiger partial charge in [0.2, 0.25) is 0 Å². The highest BCUT2D eigenvalue weighted by molar-refractivity contribution is 7.18. The third kappa shape index (κ3) is 3.91. The smallest absolute Gasteiger partial charge is 0.265 e. The van der Waals surface area contributed by atoms with Crippen LogP contribution in [0.1, 0.15) is 34.1 Å². The fourth-order valence-corrected chi connectivity index (χ4v) is 2.57. The summed E-state index contributed by atoms with van der Waals surface area (Å²) in [5, 5.41) is 6.66. The van der Waals surface area contributed by atoms with Crippen molar-refractivity contribution < 1.29 is 4.79 Å². The second kappa shape index (κ2) is 7.03. The number of nitrogens with two attached hydrogens (primary N) is 1. The largest absolute Gasteiger partial charge is 0.382 e. The van der Waals surface area contributed by atoms with Crippen LogP contribution in [0.25, 0.3) is 0 Å². The predicted octanol–water partition coefficient (Wildman–Crippen LogP) is 2.18. The van der Waals surface area contributed by atoms with Gasteiger partial charge < -0.3 is 16.4 Å². The van der Waals surface area contributed by atoms with Crippen molar-refractivity contribution in [3.05, 3.63) is 34.5 Å². The molecule has 0 aliphatic heterocycles. The summed E-state index contributed by atoms with van der Waals surface area (Å²) in [7, 11) is 0. The molecule has 4 N–H and O–H groups in total. The number of aromatic nitrogens is 2. The van der Waals surface area contributed by atoms with E-state index in [0.717, 1.165) is 24.1 Å². The number of anilines is 2. The van der Waals surface area contributed by atoms with Gasteiger partial charge in [0.25, 0.3) is 5.91 Å². The molecule has 0 spiro atoms. The van der Waals surface area contributed by atoms with Crippen LogP contribution in [0.4, 0.5) is 10.9 Å². The maximum absolute atomic E-state index is 12.2. The summed E-state index contributed by atoms with van der Waals surface area (Å²) in [6.45, 7) is 5.28. The van der Waals surface area contributed by atoms with Crippen molar-refractivity contribution in [2.24, 2.45) is 0 Å². The lowest BCUT2D eigenvalue weighted by Gasteiger charge is -2.06. The van der Waals surface area contributed by atoms with Gasteiger partial charge in [-0.05, 0) is 30.5 Å². The fraction of sp³-hybridized carbons (Fsp3) is 0.357. The Hall–Kier alpha value is -2.15. The molecule has 0 aliphatic rings. The summed E-state index contributed by atoms with van der Waals surface area (Å²) in [5.41, 5.74) is 7.87. The van der Waals surface area contributed by atoms with E-state index in [2.05, 4.69) is 27.5 Å². The summed E-state index contributed by atoms with van der Waals surface area (Å²) in [4.78, 5) is 20.8. The monoisotopic (exact) mass is 305 g/mol. The summed E-state index contributed by atoms with van der Waals surface area (Å²) in [6, 6.07) is 1.91. The van der Waals surface area contributed by atoms with Crippen molar-refractivity contribution in [3.63, 3.8) is 0 Å². The molecule has 0 saturated heterocycles. The number of carbonyl (C=O) groups is 1. The van der Waals surface area contributed by atoms with Crippen LogP contribution in [0.15, 0.2) is 18.5 Å². The quantitative estimate of drug-likeness (QED) is 0.760. The van der Waals surface area contributed by atoms with Gasteiger partial charge in [-0.2, -0.15) is 0 Å². The minimum Gasteiger partial charge on any atom is -0.382 e. The molecule has 0 unspecified atom stereocenters. The molecule has 0 saturated carbocycles. The number of rotatable bonds is 6. The number of carbonyl (C=O) groups excluding carboxylic acids is 1. The molecule has 112 valence electrons. The molecule has 0 bridgehead atoms. The highest BCUT2D eigenvalue weighted by Gasteiger charge is 2.16. The lowest BCUT2D eigenvalue weighted by atomic mass is 10.1. The van der Waals surface area contributed by atoms with Gasteiger partial charge in [-0.15, -0.1) is 0 Å². The van der Waals surface area contributed by atoms with Crippen LogP contribution in [0.2, 0.25) is 0 Å². The van der Waals surface area contributed by atoms with Gasteiger partial charge in [-0.1, -0.05) is 18.3 Å². The lowest BCUT2D eigenvalue weighted by Crippen LogP contribution is -2.23. The first-order chi connectivity index (χ1) is 10.1. The van der Waals surface area contributed by atoms with Gasteiger partial charge in [-0.25, -0.2) is 4.98 Å². The molecular weight excluding hydrogens is 286 g/mol. The standard InChI is InChI=1S/C14H19N5OS/c1-3-5-17-14-19-12(15)11(21-14)13(20)18-8-10-7-16-6-4-9(10)2/h4,6-7H,3,5,8,15H2,1-2H3,(H,17,19)(H,18,20). The maximum Gasteiger partial charge on any atom is 0.265 e. The Labute approximate surface area is 127 Å². The van der Waals surface area contributed by atoms with Crippen molar-refractivity contribution >= 4 is 28.2 Å². The molecule has 2 aromatic heterocycles. The number of hydrogen-bond donors (Lipinski definition) is 3. The summed E-state index contributed by atoms with van der Waals surface area (Å²) < 4.78 is 0. The van der Waals surface area contributed by atoms with Crippen molar-refractivity contribution in [2.45, 2.75) is 26.8 Å². The predicted molar refractivity (Wildman–Crippen MR) is 85.5 cm³/mol. The lowest BCUT2D eigenvalue weighted by molar-refractivity contribution is 0.0955. The molecular formula is C14H19N5OS. The molecule has 2 heterocycles. The Balaban J connectivity index is 2.00. The van der Waals surface area contributed by atoms with Gasteiger partial charge >= 0.3 is 0 Å². The second-order valence-corrected chi connectivity index (χ2v) is 5.64. The van der Waals surface area contributed by atoms with Crippen LogP contribution in [0.3, 0.4) is 0 Å². The number of pyridine rings is 1. The molecule has 0 fully saturated rings. The third-order valence-corrected chi connectivity index (χ3v) is 4.00. The van der Waals surface area contributed by atoms with Crippen LogP contribution in [-0.4, -0.2) is 22.4 Å². The molecule has 0 aliphatic carbocycles. The van der Waals surface area contributed by atoms with Gasteiger partial charge in [0.05, 0.1) is 0 Å². The highest BCUT2D eigenvalue weighted by Crippen LogP contribution is 2.24. The molecule has 2 aromatic rings. The average Bonchev–Trinajstić information content (AvgIpc) is 2.85. The summed E-state index contributed by atoms with van der Waals surface area (Å²) in [6.07, 6.45) is 4.47. The SMILES string of the molecule is CCCNc1nc(N)c(C(=O)NCc2cnccc2C)s1. The Morgan fingerprint density at radius 1 is 1.48 bits per heavy atom. The van der Waals surface area contributed by atoms with E-state index in [-0.39, 0.29) is 11.7 Å². The Morgan fingerprint density at radius 2 is 2.29 bits per heavy atom. The first kappa shape index (κ1) is 15.2. The molecule has 21 heavy (non-hydrogen) atoms. The number of thiazole rings is 1. The zero-order chi connectivity index (χ0) is 15.2. The second-order valence-electron chi connectivity index (χ2n) is 4.64. The van der Waals surface area contributed by atoms with E-state index in [0.29, 0.717) is 16.6 Å². The number of nitrogens with one attached hydrogen (secondary N) is 2. The van der Waals surface area contributed by atoms with Crippen LogP contribution >= 0.6 is 11.3 Å². The van der Waals surface area contributed by atoms with E-state index in [1.54, 1.807) is 12.4 Å². The first-order valence-corrected chi connectivity index (χ1v) is 7.61. The van der Waals surface area contributed by atoms with Crippen molar-refractivity contribution in [1.82, 2.24) is 15.3 Å². The molecule has 1 amide bonds. The molecule has 0 atom stereocenters. The first-order valence-electron chi connectivity index (χ1n) is 6.79. The molecule has 2 rings (SSSR count). The fourth-order valence-electron chi connectivity index (χ4n) is 1.74. The molecule has 7 heteroatoms. The van der Waals surface area contributed by atoms with E-state index in [1.807, 2.05) is 13.0 Å². The number of aryl methyl sites for hydroxylation is 1. The van der Waals surface area contributed by atoms with Gasteiger partial charge in [0.1, 0.15) is 10.7 Å². The van der Waals surface area contributed by atoms with Gasteiger partial charge in [0, 0.05) is 25.5 Å². The van der Waals surface area contributed by atoms with Crippen molar-refractivity contribution in [1.29, 1.82) is 0 Å². The Kier molecular flexibility index (Phi) is 5.10. The number of nitrogens with zero attached hydrogens (tertiary/aromatic N) is 2. The average molecular weight is 305 g/mol. The number of amides is 1. The third-order valence-electron chi connectivity index (χ3n) is 2.97. The van der Waals surface area contributed by atoms with E-state index in [1.165, 1.54) is 11.3 Å². The normalized spacial score (nSPS) is 10.4. The Bertz CT molecular complexity index is 626. The van der Waals surface area contributed by atoms with Crippen molar-refractivity contribution in [3.8, 4) is 0 Å². The van der Waals surface area contributed by atoms with E-state index in [4.69, 9.17) is 5.73 Å².